The Labute approximate surface area is 171 Å². The van der Waals surface area contributed by atoms with Crippen molar-refractivity contribution in [2.75, 3.05) is 6.54 Å². The summed E-state index contributed by atoms with van der Waals surface area (Å²) >= 11 is 0. The van der Waals surface area contributed by atoms with Crippen molar-refractivity contribution in [3.8, 4) is 5.75 Å². The summed E-state index contributed by atoms with van der Waals surface area (Å²) in [6.45, 7) is 4.10. The maximum absolute atomic E-state index is 12.6. The zero-order valence-corrected chi connectivity index (χ0v) is 16.5. The topological polar surface area (TPSA) is 64.4 Å². The first-order valence-corrected chi connectivity index (χ1v) is 9.33. The van der Waals surface area contributed by atoms with Crippen molar-refractivity contribution in [3.63, 3.8) is 0 Å². The molecular formula is C22H21F3N2O3. The minimum Gasteiger partial charge on any atom is -0.488 e. The lowest BCUT2D eigenvalue weighted by atomic mass is 10.1. The number of benzene rings is 2. The summed E-state index contributed by atoms with van der Waals surface area (Å²) in [5.41, 5.74) is 1.93. The van der Waals surface area contributed by atoms with Gasteiger partial charge in [-0.2, -0.15) is 13.2 Å². The second-order valence-corrected chi connectivity index (χ2v) is 6.79. The van der Waals surface area contributed by atoms with Gasteiger partial charge in [0.1, 0.15) is 18.1 Å². The average molecular weight is 418 g/mol. The van der Waals surface area contributed by atoms with E-state index < -0.39 is 11.7 Å². The molecule has 1 N–H and O–H groups in total. The van der Waals surface area contributed by atoms with E-state index >= 15 is 0 Å². The van der Waals surface area contributed by atoms with Crippen LogP contribution in [0.4, 0.5) is 13.2 Å². The van der Waals surface area contributed by atoms with Gasteiger partial charge < -0.3 is 14.6 Å². The van der Waals surface area contributed by atoms with Crippen molar-refractivity contribution in [3.05, 3.63) is 82.2 Å². The molecule has 1 amide bonds. The van der Waals surface area contributed by atoms with Gasteiger partial charge in [0.15, 0.2) is 0 Å². The fourth-order valence-corrected chi connectivity index (χ4v) is 2.91. The highest BCUT2D eigenvalue weighted by Gasteiger charge is 2.29. The molecule has 5 nitrogen and oxygen atoms in total. The summed E-state index contributed by atoms with van der Waals surface area (Å²) in [5.74, 6) is 0.756. The van der Waals surface area contributed by atoms with E-state index in [1.807, 2.05) is 6.92 Å². The Bertz CT molecular complexity index is 992. The number of rotatable bonds is 7. The minimum atomic E-state index is -4.36. The first kappa shape index (κ1) is 21.4. The van der Waals surface area contributed by atoms with E-state index in [1.54, 1.807) is 31.2 Å². The predicted octanol–water partition coefficient (Wildman–Crippen LogP) is 4.86. The van der Waals surface area contributed by atoms with Crippen molar-refractivity contribution in [2.45, 2.75) is 33.1 Å². The van der Waals surface area contributed by atoms with Gasteiger partial charge in [0.25, 0.3) is 5.91 Å². The first-order valence-electron chi connectivity index (χ1n) is 9.33. The maximum atomic E-state index is 12.6. The standard InChI is InChI=1S/C22H21F3N2O3/c1-14-19(15(2)30-27-14)13-29-20-6-4-3-5-18(20)21(28)26-12-11-16-7-9-17(10-8-16)22(23,24)25/h3-10H,11-13H2,1-2H3,(H,26,28). The molecule has 0 atom stereocenters. The van der Waals surface area contributed by atoms with Gasteiger partial charge in [-0.15, -0.1) is 0 Å². The molecule has 0 unspecified atom stereocenters. The van der Waals surface area contributed by atoms with Gasteiger partial charge in [-0.25, -0.2) is 0 Å². The number of nitrogens with zero attached hydrogens (tertiary/aromatic N) is 1. The normalized spacial score (nSPS) is 11.4. The van der Waals surface area contributed by atoms with E-state index in [4.69, 9.17) is 9.26 Å². The Morgan fingerprint density at radius 3 is 2.43 bits per heavy atom. The van der Waals surface area contributed by atoms with E-state index in [0.717, 1.165) is 23.4 Å². The summed E-state index contributed by atoms with van der Waals surface area (Å²) < 4.78 is 48.8. The smallest absolute Gasteiger partial charge is 0.416 e. The number of ether oxygens (including phenoxy) is 1. The van der Waals surface area contributed by atoms with Gasteiger partial charge in [0.05, 0.1) is 22.4 Å². The number of alkyl halides is 3. The zero-order chi connectivity index (χ0) is 21.7. The molecule has 30 heavy (non-hydrogen) atoms. The quantitative estimate of drug-likeness (QED) is 0.595. The number of aromatic nitrogens is 1. The van der Waals surface area contributed by atoms with E-state index in [1.165, 1.54) is 12.1 Å². The lowest BCUT2D eigenvalue weighted by molar-refractivity contribution is -0.137. The van der Waals surface area contributed by atoms with Gasteiger partial charge in [-0.1, -0.05) is 29.4 Å². The third kappa shape index (κ3) is 5.20. The number of carbonyl (C=O) groups excluding carboxylic acids is 1. The molecule has 0 bridgehead atoms. The molecule has 0 aliphatic rings. The highest BCUT2D eigenvalue weighted by Crippen LogP contribution is 2.29. The molecule has 3 aromatic rings. The molecule has 0 aliphatic heterocycles. The Balaban J connectivity index is 1.58. The number of halogens is 3. The van der Waals surface area contributed by atoms with Crippen LogP contribution in [0.15, 0.2) is 53.1 Å². The molecule has 0 saturated heterocycles. The van der Waals surface area contributed by atoms with Gasteiger partial charge >= 0.3 is 6.18 Å². The third-order valence-electron chi connectivity index (χ3n) is 4.67. The molecule has 1 aromatic heterocycles. The summed E-state index contributed by atoms with van der Waals surface area (Å²) in [4.78, 5) is 12.6. The van der Waals surface area contributed by atoms with Crippen LogP contribution in [-0.2, 0) is 19.2 Å². The van der Waals surface area contributed by atoms with Crippen molar-refractivity contribution in [2.24, 2.45) is 0 Å². The molecule has 0 fully saturated rings. The molecule has 0 saturated carbocycles. The number of hydrogen-bond donors (Lipinski definition) is 1. The molecule has 158 valence electrons. The number of amides is 1. The van der Waals surface area contributed by atoms with Crippen LogP contribution in [0.5, 0.6) is 5.75 Å². The van der Waals surface area contributed by atoms with Crippen LogP contribution < -0.4 is 10.1 Å². The van der Waals surface area contributed by atoms with Crippen LogP contribution in [0, 0.1) is 13.8 Å². The van der Waals surface area contributed by atoms with E-state index in [-0.39, 0.29) is 19.1 Å². The van der Waals surface area contributed by atoms with Gasteiger partial charge in [0.2, 0.25) is 0 Å². The molecule has 0 radical (unpaired) electrons. The van der Waals surface area contributed by atoms with Crippen molar-refractivity contribution in [1.29, 1.82) is 0 Å². The number of nitrogens with one attached hydrogen (secondary N) is 1. The fraction of sp³-hybridized carbons (Fsp3) is 0.273. The largest absolute Gasteiger partial charge is 0.488 e. The van der Waals surface area contributed by atoms with Gasteiger partial charge in [-0.05, 0) is 50.1 Å². The van der Waals surface area contributed by atoms with Gasteiger partial charge in [-0.3, -0.25) is 4.79 Å². The second-order valence-electron chi connectivity index (χ2n) is 6.79. The van der Waals surface area contributed by atoms with E-state index in [9.17, 15) is 18.0 Å². The summed E-state index contributed by atoms with van der Waals surface area (Å²) in [6.07, 6.45) is -3.95. The molecule has 8 heteroatoms. The first-order chi connectivity index (χ1) is 14.3. The molecule has 0 spiro atoms. The van der Waals surface area contributed by atoms with Crippen molar-refractivity contribution < 1.29 is 27.2 Å². The molecule has 1 heterocycles. The molecule has 3 rings (SSSR count). The maximum Gasteiger partial charge on any atom is 0.416 e. The Morgan fingerprint density at radius 2 is 1.80 bits per heavy atom. The van der Waals surface area contributed by atoms with Crippen LogP contribution in [-0.4, -0.2) is 17.6 Å². The molecule has 0 aliphatic carbocycles. The lowest BCUT2D eigenvalue weighted by Gasteiger charge is -2.12. The Morgan fingerprint density at radius 1 is 1.10 bits per heavy atom. The van der Waals surface area contributed by atoms with Crippen LogP contribution in [0.25, 0.3) is 0 Å². The van der Waals surface area contributed by atoms with Crippen LogP contribution in [0.1, 0.15) is 38.5 Å². The number of carbonyl (C=O) groups is 1. The van der Waals surface area contributed by atoms with Crippen molar-refractivity contribution in [1.82, 2.24) is 10.5 Å². The number of para-hydroxylation sites is 1. The summed E-state index contributed by atoms with van der Waals surface area (Å²) in [5, 5.41) is 6.65. The van der Waals surface area contributed by atoms with Gasteiger partial charge in [0, 0.05) is 6.54 Å². The second kappa shape index (κ2) is 9.02. The van der Waals surface area contributed by atoms with Crippen molar-refractivity contribution >= 4 is 5.91 Å². The Hall–Kier alpha value is -3.29. The zero-order valence-electron chi connectivity index (χ0n) is 16.5. The van der Waals surface area contributed by atoms with Crippen LogP contribution in [0.2, 0.25) is 0 Å². The monoisotopic (exact) mass is 418 g/mol. The molecular weight excluding hydrogens is 397 g/mol. The van der Waals surface area contributed by atoms with E-state index in [0.29, 0.717) is 29.1 Å². The highest BCUT2D eigenvalue weighted by molar-refractivity contribution is 5.96. The minimum absolute atomic E-state index is 0.219. The third-order valence-corrected chi connectivity index (χ3v) is 4.67. The van der Waals surface area contributed by atoms with E-state index in [2.05, 4.69) is 10.5 Å². The number of hydrogen-bond acceptors (Lipinski definition) is 4. The Kier molecular flexibility index (Phi) is 6.44. The molecule has 2 aromatic carbocycles. The van der Waals surface area contributed by atoms with Crippen LogP contribution >= 0.6 is 0 Å². The highest BCUT2D eigenvalue weighted by atomic mass is 19.4. The summed E-state index contributed by atoms with van der Waals surface area (Å²) in [6, 6.07) is 11.7. The summed E-state index contributed by atoms with van der Waals surface area (Å²) in [7, 11) is 0. The predicted molar refractivity (Wildman–Crippen MR) is 104 cm³/mol. The SMILES string of the molecule is Cc1noc(C)c1COc1ccccc1C(=O)NCCc1ccc(C(F)(F)F)cc1. The van der Waals surface area contributed by atoms with Crippen LogP contribution in [0.3, 0.4) is 0 Å². The fourth-order valence-electron chi connectivity index (χ4n) is 2.91. The number of aryl methyl sites for hydroxylation is 2. The average Bonchev–Trinajstić information content (AvgIpc) is 3.04. The lowest BCUT2D eigenvalue weighted by Crippen LogP contribution is -2.26.